The number of urea groups is 1. The van der Waals surface area contributed by atoms with E-state index in [0.29, 0.717) is 49.9 Å². The molecule has 2 atom stereocenters. The predicted molar refractivity (Wildman–Crippen MR) is 152 cm³/mol. The maximum atomic E-state index is 12.3. The van der Waals surface area contributed by atoms with Crippen LogP contribution in [-0.2, 0) is 14.3 Å². The van der Waals surface area contributed by atoms with Crippen LogP contribution in [0.2, 0.25) is 0 Å². The highest BCUT2D eigenvalue weighted by molar-refractivity contribution is 5.97. The first kappa shape index (κ1) is 27.4. The minimum atomic E-state index is -0.477. The summed E-state index contributed by atoms with van der Waals surface area (Å²) in [5.41, 5.74) is 5.61. The smallest absolute Gasteiger partial charge is 0.493 e. The van der Waals surface area contributed by atoms with Gasteiger partial charge in [0.25, 0.3) is 0 Å². The topological polar surface area (TPSA) is 99.9 Å². The number of ether oxygens (including phenoxy) is 2. The monoisotopic (exact) mass is 543 g/mol. The number of piperazine rings is 1. The van der Waals surface area contributed by atoms with Gasteiger partial charge in [0.2, 0.25) is 0 Å². The van der Waals surface area contributed by atoms with Crippen LogP contribution in [0.5, 0.6) is 0 Å². The van der Waals surface area contributed by atoms with Crippen molar-refractivity contribution >= 4 is 18.2 Å². The highest BCUT2D eigenvalue weighted by Gasteiger charge is 2.33. The Kier molecular flexibility index (Phi) is 9.09. The second-order valence-corrected chi connectivity index (χ2v) is 10.1. The molecule has 1 aromatic carbocycles. The van der Waals surface area contributed by atoms with Crippen LogP contribution in [0.25, 0.3) is 4.85 Å². The molecule has 0 bridgehead atoms. The van der Waals surface area contributed by atoms with Crippen LogP contribution in [0.1, 0.15) is 24.8 Å². The molecule has 2 unspecified atom stereocenters. The maximum Gasteiger partial charge on any atom is 0.617 e. The molecule has 2 N–H and O–H groups in total. The largest absolute Gasteiger partial charge is 0.617 e. The number of hydrazine groups is 1. The van der Waals surface area contributed by atoms with Crippen molar-refractivity contribution in [2.45, 2.75) is 25.3 Å². The third-order valence-corrected chi connectivity index (χ3v) is 7.47. The second-order valence-electron chi connectivity index (χ2n) is 10.1. The second kappa shape index (κ2) is 13.3. The number of fused-ring (bicyclic) bond motifs is 1. The van der Waals surface area contributed by atoms with Crippen molar-refractivity contribution in [1.82, 2.24) is 20.7 Å². The Morgan fingerprint density at radius 2 is 2.02 bits per heavy atom. The molecule has 0 spiro atoms. The number of aliphatic imine (C=N–C) groups is 1. The number of hydrogen-bond donors (Lipinski definition) is 2. The fraction of sp³-hybridized carbons (Fsp3) is 0.433. The fourth-order valence-electron chi connectivity index (χ4n) is 5.37. The number of carbonyl (C=O) groups is 1. The lowest BCUT2D eigenvalue weighted by atomic mass is 9.92. The first-order valence-electron chi connectivity index (χ1n) is 13.8. The highest BCUT2D eigenvalue weighted by Crippen LogP contribution is 2.34. The average Bonchev–Trinajstić information content (AvgIpc) is 3.52. The quantitative estimate of drug-likeness (QED) is 0.384. The van der Waals surface area contributed by atoms with Gasteiger partial charge >= 0.3 is 6.03 Å². The molecule has 1 aromatic rings. The van der Waals surface area contributed by atoms with E-state index in [0.717, 1.165) is 48.7 Å². The fourth-order valence-corrected chi connectivity index (χ4v) is 5.37. The van der Waals surface area contributed by atoms with Crippen LogP contribution in [0.3, 0.4) is 0 Å². The van der Waals surface area contributed by atoms with Crippen molar-refractivity contribution < 1.29 is 19.1 Å². The zero-order chi connectivity index (χ0) is 27.7. The van der Waals surface area contributed by atoms with E-state index in [4.69, 9.17) is 9.47 Å². The molecule has 10 heteroatoms. The molecule has 1 aliphatic carbocycles. The molecule has 3 heterocycles. The van der Waals surface area contributed by atoms with Gasteiger partial charge in [-0.2, -0.15) is 4.79 Å². The lowest BCUT2D eigenvalue weighted by molar-refractivity contribution is 0.121. The van der Waals surface area contributed by atoms with E-state index in [1.807, 2.05) is 47.5 Å². The van der Waals surface area contributed by atoms with Gasteiger partial charge in [0.15, 0.2) is 17.6 Å². The van der Waals surface area contributed by atoms with Gasteiger partial charge in [0, 0.05) is 24.9 Å². The molecule has 2 amide bonds. The Balaban J connectivity index is 1.22. The summed E-state index contributed by atoms with van der Waals surface area (Å²) < 4.78 is 11.8. The number of dihydropyridines is 1. The van der Waals surface area contributed by atoms with Gasteiger partial charge < -0.3 is 19.7 Å². The van der Waals surface area contributed by atoms with Crippen molar-refractivity contribution in [3.63, 3.8) is 0 Å². The maximum absolute atomic E-state index is 12.3. The summed E-state index contributed by atoms with van der Waals surface area (Å²) in [5, 5.41) is 5.23. The first-order valence-corrected chi connectivity index (χ1v) is 13.8. The van der Waals surface area contributed by atoms with Crippen LogP contribution in [-0.4, -0.2) is 87.1 Å². The van der Waals surface area contributed by atoms with Crippen LogP contribution in [0.15, 0.2) is 75.8 Å². The van der Waals surface area contributed by atoms with Gasteiger partial charge in [0.1, 0.15) is 11.5 Å². The number of allylic oxidation sites excluding steroid dienone is 1. The Morgan fingerprint density at radius 3 is 2.75 bits per heavy atom. The van der Waals surface area contributed by atoms with Gasteiger partial charge in [-0.1, -0.05) is 18.2 Å². The molecule has 3 aliphatic heterocycles. The molecule has 5 rings (SSSR count). The minimum absolute atomic E-state index is 0.277. The number of benzene rings is 1. The summed E-state index contributed by atoms with van der Waals surface area (Å²) >= 11 is 0. The Labute approximate surface area is 234 Å². The standard InChI is InChI=1S/C30H34N6O4/c1-39-27-16-25-26(17-28(27)40-15-5-8-23-9-10-31-18-23)32-20-24(21-37)29(25)35-11-13-36(14-12-35)34-30(38)33-19-22-6-3-2-4-7-22/h2-4,6-7,16-17,20,23,26,31H,5,8-15,18H2,1H3/p+1. The number of nitrogens with zero attached hydrogens (tertiary/aromatic N) is 4. The van der Waals surface area contributed by atoms with Gasteiger partial charge in [-0.25, -0.2) is 4.79 Å². The van der Waals surface area contributed by atoms with Crippen LogP contribution < -0.4 is 10.7 Å². The Bertz CT molecular complexity index is 1320. The molecule has 2 saturated heterocycles. The van der Waals surface area contributed by atoms with Crippen molar-refractivity contribution in [2.75, 3.05) is 53.0 Å². The number of amides is 2. The van der Waals surface area contributed by atoms with E-state index < -0.39 is 6.03 Å². The van der Waals surface area contributed by atoms with Crippen LogP contribution >= 0.6 is 0 Å². The normalized spacial score (nSPS) is 22.4. The molecule has 4 aliphatic rings. The van der Waals surface area contributed by atoms with E-state index in [1.54, 1.807) is 13.3 Å². The van der Waals surface area contributed by atoms with E-state index in [2.05, 4.69) is 37.5 Å². The molecule has 0 aromatic heterocycles. The third-order valence-electron chi connectivity index (χ3n) is 7.47. The zero-order valence-corrected chi connectivity index (χ0v) is 22.8. The summed E-state index contributed by atoms with van der Waals surface area (Å²) in [6, 6.07) is 11.3. The third kappa shape index (κ3) is 6.69. The van der Waals surface area contributed by atoms with Gasteiger partial charge in [-0.3, -0.25) is 4.99 Å². The van der Waals surface area contributed by atoms with Crippen molar-refractivity contribution in [2.24, 2.45) is 10.9 Å². The summed E-state index contributed by atoms with van der Waals surface area (Å²) in [7, 11) is 1.62. The molecule has 0 radical (unpaired) electrons. The lowest BCUT2D eigenvalue weighted by Gasteiger charge is -2.37. The SMILES string of the molecule is COC1=CC2=C(N3CCN(NC(=O)[N+]#Cc4ccccc4)CC3)C(=C=O)C=NC2C=C1OCCCC1CCNC1. The predicted octanol–water partition coefficient (Wildman–Crippen LogP) is 2.91. The molecule has 2 fully saturated rings. The zero-order valence-electron chi connectivity index (χ0n) is 22.8. The number of methoxy groups -OCH3 is 1. The summed E-state index contributed by atoms with van der Waals surface area (Å²) in [5.74, 6) is 4.08. The molecular weight excluding hydrogens is 508 g/mol. The van der Waals surface area contributed by atoms with Crippen molar-refractivity contribution in [1.29, 1.82) is 0 Å². The number of rotatable bonds is 8. The first-order chi connectivity index (χ1) is 19.6. The Morgan fingerprint density at radius 1 is 1.20 bits per heavy atom. The molecule has 40 heavy (non-hydrogen) atoms. The van der Waals surface area contributed by atoms with Crippen LogP contribution in [0, 0.1) is 12.0 Å². The minimum Gasteiger partial charge on any atom is -0.493 e. The molecule has 10 nitrogen and oxygen atoms in total. The van der Waals surface area contributed by atoms with Crippen molar-refractivity contribution in [3.8, 4) is 6.07 Å². The van der Waals surface area contributed by atoms with Crippen molar-refractivity contribution in [3.05, 3.63) is 81.3 Å². The number of nitrogens with one attached hydrogen (secondary N) is 2. The highest BCUT2D eigenvalue weighted by atomic mass is 16.5. The van der Waals surface area contributed by atoms with E-state index in [9.17, 15) is 9.59 Å². The molecule has 0 saturated carbocycles. The summed E-state index contributed by atoms with van der Waals surface area (Å²) in [4.78, 5) is 34.8. The molecular formula is C30H35N6O4+. The van der Waals surface area contributed by atoms with Crippen LogP contribution in [0.4, 0.5) is 4.79 Å². The summed E-state index contributed by atoms with van der Waals surface area (Å²) in [6.07, 6.45) is 8.82. The lowest BCUT2D eigenvalue weighted by Crippen LogP contribution is -2.53. The van der Waals surface area contributed by atoms with Gasteiger partial charge in [-0.05, 0) is 62.6 Å². The van der Waals surface area contributed by atoms with E-state index in [1.165, 1.54) is 6.42 Å². The Hall–Kier alpha value is -4.16. The van der Waals surface area contributed by atoms with E-state index in [-0.39, 0.29) is 6.04 Å². The summed E-state index contributed by atoms with van der Waals surface area (Å²) in [6.45, 7) is 5.11. The molecule has 208 valence electrons. The van der Waals surface area contributed by atoms with E-state index >= 15 is 0 Å². The number of hydrogen-bond acceptors (Lipinski definition) is 8. The van der Waals surface area contributed by atoms with Gasteiger partial charge in [-0.15, -0.1) is 15.3 Å². The van der Waals surface area contributed by atoms with Gasteiger partial charge in [0.05, 0.1) is 44.1 Å². The number of carbonyl (C=O) groups excluding carboxylic acids is 2. The average molecular weight is 544 g/mol.